The summed E-state index contributed by atoms with van der Waals surface area (Å²) in [5.41, 5.74) is 0.151. The fourth-order valence-corrected chi connectivity index (χ4v) is 3.85. The van der Waals surface area contributed by atoms with Crippen LogP contribution in [0.25, 0.3) is 0 Å². The van der Waals surface area contributed by atoms with Crippen molar-refractivity contribution in [2.45, 2.75) is 38.8 Å². The third-order valence-corrected chi connectivity index (χ3v) is 5.63. The molecule has 3 heterocycles. The van der Waals surface area contributed by atoms with Crippen molar-refractivity contribution < 1.29 is 8.78 Å². The standard InChI is InChI=1S/C20H24F2N6/c1-14-23-8-11-28(14)13-19-24-25-20(26(19)2)15-6-9-27(10-7-15)12-16-17(21)4-3-5-18(16)22/h3-5,8,11,15H,6-7,9-10,12-13H2,1-2H3. The molecule has 1 aliphatic heterocycles. The molecule has 4 rings (SSSR count). The highest BCUT2D eigenvalue weighted by Crippen LogP contribution is 2.28. The van der Waals surface area contributed by atoms with Gasteiger partial charge in [-0.2, -0.15) is 0 Å². The van der Waals surface area contributed by atoms with Crippen molar-refractivity contribution in [2.75, 3.05) is 13.1 Å². The number of benzene rings is 1. The van der Waals surface area contributed by atoms with Crippen molar-refractivity contribution in [3.8, 4) is 0 Å². The predicted molar refractivity (Wildman–Crippen MR) is 101 cm³/mol. The molecule has 0 atom stereocenters. The summed E-state index contributed by atoms with van der Waals surface area (Å²) in [6.07, 6.45) is 5.50. The summed E-state index contributed by atoms with van der Waals surface area (Å²) in [4.78, 5) is 6.34. The Morgan fingerprint density at radius 3 is 2.43 bits per heavy atom. The van der Waals surface area contributed by atoms with E-state index in [-0.39, 0.29) is 5.56 Å². The van der Waals surface area contributed by atoms with Crippen molar-refractivity contribution in [3.63, 3.8) is 0 Å². The summed E-state index contributed by atoms with van der Waals surface area (Å²) >= 11 is 0. The van der Waals surface area contributed by atoms with Gasteiger partial charge in [-0.1, -0.05) is 6.07 Å². The van der Waals surface area contributed by atoms with E-state index in [2.05, 4.69) is 24.6 Å². The van der Waals surface area contributed by atoms with Gasteiger partial charge in [0.15, 0.2) is 5.82 Å². The molecule has 1 aliphatic rings. The maximum atomic E-state index is 13.9. The molecule has 148 valence electrons. The molecule has 0 N–H and O–H groups in total. The van der Waals surface area contributed by atoms with Crippen LogP contribution in [0.1, 0.15) is 41.8 Å². The number of hydrogen-bond donors (Lipinski definition) is 0. The molecule has 0 amide bonds. The zero-order valence-electron chi connectivity index (χ0n) is 16.1. The molecule has 0 radical (unpaired) electrons. The monoisotopic (exact) mass is 386 g/mol. The van der Waals surface area contributed by atoms with E-state index in [9.17, 15) is 8.78 Å². The molecular formula is C20H24F2N6. The van der Waals surface area contributed by atoms with Gasteiger partial charge in [-0.05, 0) is 45.0 Å². The smallest absolute Gasteiger partial charge is 0.152 e. The Kier molecular flexibility index (Phi) is 5.21. The van der Waals surface area contributed by atoms with Gasteiger partial charge < -0.3 is 9.13 Å². The number of halogens is 2. The number of rotatable bonds is 5. The number of aryl methyl sites for hydroxylation is 1. The molecule has 0 spiro atoms. The molecule has 6 nitrogen and oxygen atoms in total. The maximum Gasteiger partial charge on any atom is 0.152 e. The van der Waals surface area contributed by atoms with E-state index in [4.69, 9.17) is 0 Å². The normalized spacial score (nSPS) is 16.0. The second kappa shape index (κ2) is 7.79. The van der Waals surface area contributed by atoms with E-state index in [0.717, 1.165) is 43.4 Å². The van der Waals surface area contributed by atoms with Crippen LogP contribution in [0.15, 0.2) is 30.6 Å². The molecule has 0 aliphatic carbocycles. The molecule has 0 saturated carbocycles. The SMILES string of the molecule is Cc1nccn1Cc1nnc(C2CCN(Cc3c(F)cccc3F)CC2)n1C. The van der Waals surface area contributed by atoms with Crippen molar-refractivity contribution in [2.24, 2.45) is 7.05 Å². The predicted octanol–water partition coefficient (Wildman–Crippen LogP) is 3.03. The molecule has 1 fully saturated rings. The molecule has 0 unspecified atom stereocenters. The highest BCUT2D eigenvalue weighted by molar-refractivity contribution is 5.19. The topological polar surface area (TPSA) is 51.8 Å². The molecule has 1 aromatic carbocycles. The largest absolute Gasteiger partial charge is 0.328 e. The highest BCUT2D eigenvalue weighted by Gasteiger charge is 2.26. The summed E-state index contributed by atoms with van der Waals surface area (Å²) in [5, 5.41) is 8.80. The second-order valence-electron chi connectivity index (χ2n) is 7.39. The minimum atomic E-state index is -0.477. The lowest BCUT2D eigenvalue weighted by Gasteiger charge is -2.31. The van der Waals surface area contributed by atoms with E-state index < -0.39 is 11.6 Å². The van der Waals surface area contributed by atoms with E-state index >= 15 is 0 Å². The van der Waals surface area contributed by atoms with Gasteiger partial charge in [0, 0.05) is 37.5 Å². The Bertz CT molecular complexity index is 935. The Labute approximate surface area is 162 Å². The van der Waals surface area contributed by atoms with E-state index in [1.807, 2.05) is 24.7 Å². The number of likely N-dealkylation sites (tertiary alicyclic amines) is 1. The second-order valence-corrected chi connectivity index (χ2v) is 7.39. The van der Waals surface area contributed by atoms with Gasteiger partial charge in [0.25, 0.3) is 0 Å². The van der Waals surface area contributed by atoms with Gasteiger partial charge in [0.2, 0.25) is 0 Å². The van der Waals surface area contributed by atoms with Crippen molar-refractivity contribution in [1.29, 1.82) is 0 Å². The lowest BCUT2D eigenvalue weighted by molar-refractivity contribution is 0.196. The molecule has 0 bridgehead atoms. The first-order valence-electron chi connectivity index (χ1n) is 9.54. The van der Waals surface area contributed by atoms with Gasteiger partial charge in [-0.15, -0.1) is 10.2 Å². The molecule has 28 heavy (non-hydrogen) atoms. The summed E-state index contributed by atoms with van der Waals surface area (Å²) in [7, 11) is 2.00. The first kappa shape index (κ1) is 18.7. The summed E-state index contributed by atoms with van der Waals surface area (Å²) in [6, 6.07) is 4.03. The first-order chi connectivity index (χ1) is 13.5. The van der Waals surface area contributed by atoms with Crippen molar-refractivity contribution in [1.82, 2.24) is 29.2 Å². The van der Waals surface area contributed by atoms with E-state index in [0.29, 0.717) is 19.0 Å². The summed E-state index contributed by atoms with van der Waals surface area (Å²) in [6.45, 7) is 4.46. The molecule has 1 saturated heterocycles. The first-order valence-corrected chi connectivity index (χ1v) is 9.54. The number of imidazole rings is 1. The van der Waals surface area contributed by atoms with Crippen LogP contribution in [-0.2, 0) is 20.1 Å². The van der Waals surface area contributed by atoms with Crippen molar-refractivity contribution in [3.05, 3.63) is 65.3 Å². The van der Waals surface area contributed by atoms with Crippen LogP contribution in [0, 0.1) is 18.6 Å². The van der Waals surface area contributed by atoms with Gasteiger partial charge >= 0.3 is 0 Å². The van der Waals surface area contributed by atoms with Crippen LogP contribution in [0.3, 0.4) is 0 Å². The Balaban J connectivity index is 1.40. The lowest BCUT2D eigenvalue weighted by Crippen LogP contribution is -2.33. The number of nitrogens with zero attached hydrogens (tertiary/aromatic N) is 6. The van der Waals surface area contributed by atoms with Gasteiger partial charge in [0.1, 0.15) is 23.3 Å². The molecular weight excluding hydrogens is 362 g/mol. The Morgan fingerprint density at radius 1 is 1.07 bits per heavy atom. The summed E-state index contributed by atoms with van der Waals surface area (Å²) in [5.74, 6) is 2.16. The molecule has 3 aromatic rings. The zero-order valence-corrected chi connectivity index (χ0v) is 16.1. The summed E-state index contributed by atoms with van der Waals surface area (Å²) < 4.78 is 31.9. The Hall–Kier alpha value is -2.61. The number of piperidine rings is 1. The third kappa shape index (κ3) is 3.69. The van der Waals surface area contributed by atoms with Crippen LogP contribution in [0.5, 0.6) is 0 Å². The minimum absolute atomic E-state index is 0.151. The Morgan fingerprint density at radius 2 is 1.79 bits per heavy atom. The maximum absolute atomic E-state index is 13.9. The van der Waals surface area contributed by atoms with Gasteiger partial charge in [-0.25, -0.2) is 13.8 Å². The lowest BCUT2D eigenvalue weighted by atomic mass is 9.95. The van der Waals surface area contributed by atoms with Gasteiger partial charge in [-0.3, -0.25) is 4.90 Å². The molecule has 2 aromatic heterocycles. The van der Waals surface area contributed by atoms with Crippen LogP contribution in [-0.4, -0.2) is 42.3 Å². The van der Waals surface area contributed by atoms with E-state index in [1.165, 1.54) is 18.2 Å². The fourth-order valence-electron chi connectivity index (χ4n) is 3.85. The van der Waals surface area contributed by atoms with Crippen LogP contribution in [0.4, 0.5) is 8.78 Å². The van der Waals surface area contributed by atoms with E-state index in [1.54, 1.807) is 6.20 Å². The van der Waals surface area contributed by atoms with Crippen molar-refractivity contribution >= 4 is 0 Å². The average Bonchev–Trinajstić information content (AvgIpc) is 3.25. The van der Waals surface area contributed by atoms with Crippen LogP contribution < -0.4 is 0 Å². The minimum Gasteiger partial charge on any atom is -0.328 e. The third-order valence-electron chi connectivity index (χ3n) is 5.63. The average molecular weight is 386 g/mol. The van der Waals surface area contributed by atoms with Crippen LogP contribution in [0.2, 0.25) is 0 Å². The number of hydrogen-bond acceptors (Lipinski definition) is 4. The fraction of sp³-hybridized carbons (Fsp3) is 0.450. The number of aromatic nitrogens is 5. The zero-order chi connectivity index (χ0) is 19.7. The highest BCUT2D eigenvalue weighted by atomic mass is 19.1. The van der Waals surface area contributed by atoms with Gasteiger partial charge in [0.05, 0.1) is 6.54 Å². The van der Waals surface area contributed by atoms with Crippen LogP contribution >= 0.6 is 0 Å². The quantitative estimate of drug-likeness (QED) is 0.676. The molecule has 8 heteroatoms.